The van der Waals surface area contributed by atoms with Gasteiger partial charge in [0.05, 0.1) is 18.1 Å². The van der Waals surface area contributed by atoms with Gasteiger partial charge in [-0.25, -0.2) is 4.98 Å². The molecule has 0 saturated heterocycles. The fourth-order valence-electron chi connectivity index (χ4n) is 1.85. The molecule has 0 bridgehead atoms. The van der Waals surface area contributed by atoms with Gasteiger partial charge in [-0.15, -0.1) is 12.4 Å². The quantitative estimate of drug-likeness (QED) is 0.764. The second-order valence-corrected chi connectivity index (χ2v) is 3.83. The van der Waals surface area contributed by atoms with Gasteiger partial charge >= 0.3 is 0 Å². The molecule has 0 atom stereocenters. The third-order valence-corrected chi connectivity index (χ3v) is 2.74. The van der Waals surface area contributed by atoms with Crippen molar-refractivity contribution < 1.29 is 4.74 Å². The molecule has 0 aliphatic carbocycles. The maximum Gasteiger partial charge on any atom is 0.138 e. The highest BCUT2D eigenvalue weighted by Crippen LogP contribution is 2.23. The first-order valence-electron chi connectivity index (χ1n) is 5.46. The molecule has 3 nitrogen and oxygen atoms in total. The van der Waals surface area contributed by atoms with Crippen LogP contribution < -0.4 is 4.74 Å². The van der Waals surface area contributed by atoms with Crippen molar-refractivity contribution in [3.8, 4) is 17.1 Å². The van der Waals surface area contributed by atoms with Crippen molar-refractivity contribution in [1.82, 2.24) is 9.97 Å². The first-order valence-corrected chi connectivity index (χ1v) is 5.46. The number of benzene rings is 2. The van der Waals surface area contributed by atoms with Gasteiger partial charge < -0.3 is 9.72 Å². The number of nitrogens with zero attached hydrogens (tertiary/aromatic N) is 1. The summed E-state index contributed by atoms with van der Waals surface area (Å²) in [6, 6.07) is 15.9. The van der Waals surface area contributed by atoms with Crippen LogP contribution in [0.15, 0.2) is 48.5 Å². The lowest BCUT2D eigenvalue weighted by molar-refractivity contribution is 0.415. The Morgan fingerprint density at radius 3 is 2.56 bits per heavy atom. The van der Waals surface area contributed by atoms with Crippen LogP contribution in [-0.2, 0) is 0 Å². The molecule has 0 radical (unpaired) electrons. The predicted molar refractivity (Wildman–Crippen MR) is 75.3 cm³/mol. The Morgan fingerprint density at radius 1 is 1.06 bits per heavy atom. The number of imidazole rings is 1. The van der Waals surface area contributed by atoms with Crippen LogP contribution in [0.2, 0.25) is 0 Å². The lowest BCUT2D eigenvalue weighted by Gasteiger charge is -1.96. The molecule has 1 N–H and O–H groups in total. The van der Waals surface area contributed by atoms with E-state index in [1.165, 1.54) is 0 Å². The van der Waals surface area contributed by atoms with Crippen LogP contribution in [0.4, 0.5) is 0 Å². The zero-order valence-corrected chi connectivity index (χ0v) is 10.7. The lowest BCUT2D eigenvalue weighted by Crippen LogP contribution is -1.81. The number of halogens is 1. The van der Waals surface area contributed by atoms with E-state index in [9.17, 15) is 0 Å². The molecule has 0 aliphatic rings. The maximum absolute atomic E-state index is 5.19. The Hall–Kier alpha value is -2.00. The summed E-state index contributed by atoms with van der Waals surface area (Å²) in [6.07, 6.45) is 0. The molecule has 4 heteroatoms. The summed E-state index contributed by atoms with van der Waals surface area (Å²) in [4.78, 5) is 7.84. The van der Waals surface area contributed by atoms with Crippen molar-refractivity contribution in [2.45, 2.75) is 0 Å². The molecule has 1 aromatic heterocycles. The highest BCUT2D eigenvalue weighted by molar-refractivity contribution is 5.85. The van der Waals surface area contributed by atoms with Crippen LogP contribution >= 0.6 is 12.4 Å². The molecular formula is C14H13ClN2O. The summed E-state index contributed by atoms with van der Waals surface area (Å²) in [5.74, 6) is 1.72. The van der Waals surface area contributed by atoms with Gasteiger partial charge in [-0.2, -0.15) is 0 Å². The molecule has 1 heterocycles. The highest BCUT2D eigenvalue weighted by atomic mass is 35.5. The Morgan fingerprint density at radius 2 is 1.83 bits per heavy atom. The second kappa shape index (κ2) is 5.10. The minimum Gasteiger partial charge on any atom is -0.497 e. The Bertz CT molecular complexity index is 649. The van der Waals surface area contributed by atoms with Gasteiger partial charge in [-0.3, -0.25) is 0 Å². The Balaban J connectivity index is 0.00000120. The Kier molecular flexibility index (Phi) is 3.53. The molecule has 2 aromatic carbocycles. The van der Waals surface area contributed by atoms with E-state index >= 15 is 0 Å². The van der Waals surface area contributed by atoms with Crippen LogP contribution in [0.3, 0.4) is 0 Å². The van der Waals surface area contributed by atoms with Crippen molar-refractivity contribution >= 4 is 23.4 Å². The van der Waals surface area contributed by atoms with E-state index in [2.05, 4.69) is 9.97 Å². The molecule has 0 amide bonds. The largest absolute Gasteiger partial charge is 0.497 e. The van der Waals surface area contributed by atoms with E-state index in [1.54, 1.807) is 7.11 Å². The summed E-state index contributed by atoms with van der Waals surface area (Å²) in [5.41, 5.74) is 3.02. The van der Waals surface area contributed by atoms with Gasteiger partial charge in [-0.1, -0.05) is 30.3 Å². The standard InChI is InChI=1S/C14H12N2O.ClH/c1-17-11-7-8-12-13(9-11)16-14(15-12)10-5-3-2-4-6-10;/h2-9H,1H3,(H,15,16);1H. The number of rotatable bonds is 2. The minimum absolute atomic E-state index is 0. The summed E-state index contributed by atoms with van der Waals surface area (Å²) >= 11 is 0. The lowest BCUT2D eigenvalue weighted by atomic mass is 10.2. The van der Waals surface area contributed by atoms with Crippen molar-refractivity contribution in [3.05, 3.63) is 48.5 Å². The van der Waals surface area contributed by atoms with Crippen LogP contribution in [0.5, 0.6) is 5.75 Å². The number of methoxy groups -OCH3 is 1. The molecule has 0 unspecified atom stereocenters. The average molecular weight is 261 g/mol. The topological polar surface area (TPSA) is 37.9 Å². The third kappa shape index (κ3) is 2.17. The SMILES string of the molecule is COc1ccc2nc(-c3ccccc3)[nH]c2c1.Cl. The van der Waals surface area contributed by atoms with E-state index in [0.717, 1.165) is 28.2 Å². The van der Waals surface area contributed by atoms with E-state index in [0.29, 0.717) is 0 Å². The number of hydrogen-bond donors (Lipinski definition) is 1. The summed E-state index contributed by atoms with van der Waals surface area (Å²) in [6.45, 7) is 0. The molecule has 0 fully saturated rings. The van der Waals surface area contributed by atoms with E-state index in [-0.39, 0.29) is 12.4 Å². The number of aromatic nitrogens is 2. The molecule has 0 saturated carbocycles. The van der Waals surface area contributed by atoms with Gasteiger partial charge in [-0.05, 0) is 12.1 Å². The van der Waals surface area contributed by atoms with E-state index in [1.807, 2.05) is 48.5 Å². The van der Waals surface area contributed by atoms with Gasteiger partial charge in [0.2, 0.25) is 0 Å². The summed E-state index contributed by atoms with van der Waals surface area (Å²) in [5, 5.41) is 0. The fraction of sp³-hybridized carbons (Fsp3) is 0.0714. The zero-order valence-electron chi connectivity index (χ0n) is 9.88. The van der Waals surface area contributed by atoms with Crippen molar-refractivity contribution in [2.24, 2.45) is 0 Å². The first-order chi connectivity index (χ1) is 8.36. The summed E-state index contributed by atoms with van der Waals surface area (Å²) < 4.78 is 5.19. The normalized spacial score (nSPS) is 10.1. The fourth-order valence-corrected chi connectivity index (χ4v) is 1.85. The smallest absolute Gasteiger partial charge is 0.138 e. The van der Waals surface area contributed by atoms with E-state index in [4.69, 9.17) is 4.74 Å². The number of H-pyrrole nitrogens is 1. The number of nitrogens with one attached hydrogen (secondary N) is 1. The van der Waals surface area contributed by atoms with Crippen molar-refractivity contribution in [2.75, 3.05) is 7.11 Å². The number of fused-ring (bicyclic) bond motifs is 1. The van der Waals surface area contributed by atoms with Gasteiger partial charge in [0.1, 0.15) is 11.6 Å². The first kappa shape index (κ1) is 12.5. The number of ether oxygens (including phenoxy) is 1. The molecule has 0 spiro atoms. The number of aromatic amines is 1. The van der Waals surface area contributed by atoms with Gasteiger partial charge in [0, 0.05) is 11.6 Å². The van der Waals surface area contributed by atoms with Crippen LogP contribution in [-0.4, -0.2) is 17.1 Å². The predicted octanol–water partition coefficient (Wildman–Crippen LogP) is 3.66. The minimum atomic E-state index is 0. The van der Waals surface area contributed by atoms with Gasteiger partial charge in [0.15, 0.2) is 0 Å². The Labute approximate surface area is 111 Å². The third-order valence-electron chi connectivity index (χ3n) is 2.74. The van der Waals surface area contributed by atoms with Gasteiger partial charge in [0.25, 0.3) is 0 Å². The molecule has 0 aliphatic heterocycles. The van der Waals surface area contributed by atoms with E-state index < -0.39 is 0 Å². The molecule has 3 rings (SSSR count). The molecular weight excluding hydrogens is 248 g/mol. The molecule has 18 heavy (non-hydrogen) atoms. The van der Waals surface area contributed by atoms with Crippen molar-refractivity contribution in [1.29, 1.82) is 0 Å². The van der Waals surface area contributed by atoms with Crippen LogP contribution in [0.25, 0.3) is 22.4 Å². The van der Waals surface area contributed by atoms with Crippen LogP contribution in [0, 0.1) is 0 Å². The average Bonchev–Trinajstić information content (AvgIpc) is 2.82. The monoisotopic (exact) mass is 260 g/mol. The summed E-state index contributed by atoms with van der Waals surface area (Å²) in [7, 11) is 1.66. The maximum atomic E-state index is 5.19. The zero-order chi connectivity index (χ0) is 11.7. The second-order valence-electron chi connectivity index (χ2n) is 3.83. The molecule has 3 aromatic rings. The number of hydrogen-bond acceptors (Lipinski definition) is 2. The highest BCUT2D eigenvalue weighted by Gasteiger charge is 2.05. The molecule has 92 valence electrons. The van der Waals surface area contributed by atoms with Crippen molar-refractivity contribution in [3.63, 3.8) is 0 Å². The van der Waals surface area contributed by atoms with Crippen LogP contribution in [0.1, 0.15) is 0 Å².